The third kappa shape index (κ3) is 1.81. The molecule has 0 saturated carbocycles. The summed E-state index contributed by atoms with van der Waals surface area (Å²) in [7, 11) is 0. The maximum Gasteiger partial charge on any atom is 0.213 e. The maximum absolute atomic E-state index is 4.99. The highest BCUT2D eigenvalue weighted by Gasteiger charge is 1.94. The molecular weight excluding hydrogens is 120 g/mol. The van der Waals surface area contributed by atoms with Crippen LogP contribution in [0.3, 0.4) is 0 Å². The van der Waals surface area contributed by atoms with Gasteiger partial charge in [-0.15, -0.1) is 0 Å². The van der Waals surface area contributed by atoms with E-state index in [9.17, 15) is 0 Å². The highest BCUT2D eigenvalue weighted by Crippen LogP contribution is 1.89. The Morgan fingerprint density at radius 1 is 1.78 bits per heavy atom. The van der Waals surface area contributed by atoms with E-state index in [0.29, 0.717) is 19.0 Å². The minimum absolute atomic E-state index is 0.438. The van der Waals surface area contributed by atoms with E-state index in [2.05, 4.69) is 14.7 Å². The van der Waals surface area contributed by atoms with Gasteiger partial charge in [0.25, 0.3) is 0 Å². The van der Waals surface area contributed by atoms with E-state index >= 15 is 0 Å². The number of ether oxygens (including phenoxy) is 1. The molecule has 0 bridgehead atoms. The van der Waals surface area contributed by atoms with Crippen LogP contribution in [-0.2, 0) is 11.3 Å². The topological polar surface area (TPSA) is 48.2 Å². The van der Waals surface area contributed by atoms with E-state index in [4.69, 9.17) is 4.74 Å². The Morgan fingerprint density at radius 2 is 2.67 bits per heavy atom. The summed E-state index contributed by atoms with van der Waals surface area (Å²) in [5.41, 5.74) is 0. The summed E-state index contributed by atoms with van der Waals surface area (Å²) in [6, 6.07) is 0. The Morgan fingerprint density at radius 3 is 3.22 bits per heavy atom. The first-order chi connectivity index (χ1) is 4.43. The lowest BCUT2D eigenvalue weighted by Gasteiger charge is -1.91. The summed E-state index contributed by atoms with van der Waals surface area (Å²) in [6.07, 6.45) is 1.29. The summed E-state index contributed by atoms with van der Waals surface area (Å²) in [5, 5.41) is 3.54. The van der Waals surface area contributed by atoms with Crippen molar-refractivity contribution in [3.8, 4) is 0 Å². The molecule has 4 nitrogen and oxygen atoms in total. The fourth-order valence-corrected chi connectivity index (χ4v) is 0.449. The zero-order valence-corrected chi connectivity index (χ0v) is 5.20. The first-order valence-electron chi connectivity index (χ1n) is 2.76. The van der Waals surface area contributed by atoms with E-state index in [1.807, 2.05) is 6.92 Å². The highest BCUT2D eigenvalue weighted by molar-refractivity contribution is 4.72. The van der Waals surface area contributed by atoms with Crippen molar-refractivity contribution in [2.45, 2.75) is 13.5 Å². The van der Waals surface area contributed by atoms with Gasteiger partial charge in [0.15, 0.2) is 5.82 Å². The standard InChI is InChI=1S/C5H8N2O2/c1-2-8-3-5-6-4-9-7-5/h4H,2-3H2,1H3. The van der Waals surface area contributed by atoms with Gasteiger partial charge >= 0.3 is 0 Å². The van der Waals surface area contributed by atoms with Crippen molar-refractivity contribution in [2.75, 3.05) is 6.61 Å². The molecule has 50 valence electrons. The summed E-state index contributed by atoms with van der Waals surface area (Å²) in [6.45, 7) is 3.03. The summed E-state index contributed by atoms with van der Waals surface area (Å²) >= 11 is 0. The predicted octanol–water partition coefficient (Wildman–Crippen LogP) is 0.606. The molecule has 0 aliphatic heterocycles. The van der Waals surface area contributed by atoms with Crippen LogP contribution in [0.15, 0.2) is 10.9 Å². The van der Waals surface area contributed by atoms with Crippen LogP contribution in [0.5, 0.6) is 0 Å². The predicted molar refractivity (Wildman–Crippen MR) is 29.6 cm³/mol. The van der Waals surface area contributed by atoms with Crippen LogP contribution in [0.4, 0.5) is 0 Å². The molecule has 0 saturated heterocycles. The normalized spacial score (nSPS) is 9.89. The molecule has 9 heavy (non-hydrogen) atoms. The average Bonchev–Trinajstić information content (AvgIpc) is 2.34. The minimum atomic E-state index is 0.438. The van der Waals surface area contributed by atoms with E-state index in [-0.39, 0.29) is 0 Å². The number of hydrogen-bond acceptors (Lipinski definition) is 4. The zero-order valence-electron chi connectivity index (χ0n) is 5.20. The number of aromatic nitrogens is 2. The first-order valence-corrected chi connectivity index (χ1v) is 2.76. The first kappa shape index (κ1) is 6.22. The van der Waals surface area contributed by atoms with E-state index in [0.717, 1.165) is 0 Å². The van der Waals surface area contributed by atoms with Crippen molar-refractivity contribution in [3.05, 3.63) is 12.2 Å². The molecule has 0 aliphatic rings. The maximum atomic E-state index is 4.99. The van der Waals surface area contributed by atoms with Crippen LogP contribution >= 0.6 is 0 Å². The monoisotopic (exact) mass is 128 g/mol. The molecule has 1 heterocycles. The van der Waals surface area contributed by atoms with E-state index < -0.39 is 0 Å². The smallest absolute Gasteiger partial charge is 0.213 e. The van der Waals surface area contributed by atoms with Gasteiger partial charge in [-0.25, -0.2) is 0 Å². The van der Waals surface area contributed by atoms with Crippen LogP contribution in [0.25, 0.3) is 0 Å². The van der Waals surface area contributed by atoms with Crippen LogP contribution < -0.4 is 0 Å². The Labute approximate surface area is 52.8 Å². The van der Waals surface area contributed by atoms with E-state index in [1.165, 1.54) is 6.39 Å². The van der Waals surface area contributed by atoms with Crippen LogP contribution in [0.2, 0.25) is 0 Å². The molecule has 0 spiro atoms. The van der Waals surface area contributed by atoms with Crippen molar-refractivity contribution < 1.29 is 9.26 Å². The SMILES string of the molecule is CCOCc1ncon1. The van der Waals surface area contributed by atoms with Crippen LogP contribution in [-0.4, -0.2) is 16.7 Å². The Balaban J connectivity index is 2.30. The van der Waals surface area contributed by atoms with Crippen molar-refractivity contribution in [3.63, 3.8) is 0 Å². The number of hydrogen-bond donors (Lipinski definition) is 0. The quantitative estimate of drug-likeness (QED) is 0.598. The largest absolute Gasteiger partial charge is 0.374 e. The van der Waals surface area contributed by atoms with Gasteiger partial charge in [0, 0.05) is 6.61 Å². The molecule has 1 aromatic rings. The van der Waals surface area contributed by atoms with Gasteiger partial charge in [0.05, 0.1) is 0 Å². The second kappa shape index (κ2) is 3.19. The van der Waals surface area contributed by atoms with Crippen molar-refractivity contribution in [2.24, 2.45) is 0 Å². The van der Waals surface area contributed by atoms with E-state index in [1.54, 1.807) is 0 Å². The molecule has 0 N–H and O–H groups in total. The minimum Gasteiger partial charge on any atom is -0.374 e. The average molecular weight is 128 g/mol. The number of nitrogens with zero attached hydrogens (tertiary/aromatic N) is 2. The summed E-state index contributed by atoms with van der Waals surface area (Å²) in [5.74, 6) is 0.594. The molecule has 1 rings (SSSR count). The summed E-state index contributed by atoms with van der Waals surface area (Å²) in [4.78, 5) is 3.75. The zero-order chi connectivity index (χ0) is 6.53. The van der Waals surface area contributed by atoms with Gasteiger partial charge in [-0.3, -0.25) is 0 Å². The molecule has 0 aromatic carbocycles. The fourth-order valence-electron chi connectivity index (χ4n) is 0.449. The Kier molecular flexibility index (Phi) is 2.21. The third-order valence-electron chi connectivity index (χ3n) is 0.842. The van der Waals surface area contributed by atoms with Crippen molar-refractivity contribution in [1.82, 2.24) is 10.1 Å². The lowest BCUT2D eigenvalue weighted by molar-refractivity contribution is 0.126. The Bertz CT molecular complexity index is 150. The van der Waals surface area contributed by atoms with Crippen LogP contribution in [0, 0.1) is 0 Å². The molecule has 0 unspecified atom stereocenters. The molecule has 0 radical (unpaired) electrons. The fraction of sp³-hybridized carbons (Fsp3) is 0.600. The van der Waals surface area contributed by atoms with Crippen molar-refractivity contribution >= 4 is 0 Å². The molecule has 0 atom stereocenters. The molecule has 0 amide bonds. The second-order valence-corrected chi connectivity index (χ2v) is 1.48. The van der Waals surface area contributed by atoms with Crippen molar-refractivity contribution in [1.29, 1.82) is 0 Å². The van der Waals surface area contributed by atoms with Gasteiger partial charge in [0.1, 0.15) is 6.61 Å². The lowest BCUT2D eigenvalue weighted by atomic mass is 10.7. The van der Waals surface area contributed by atoms with Gasteiger partial charge in [-0.2, -0.15) is 4.98 Å². The number of rotatable bonds is 3. The Hall–Kier alpha value is -0.900. The molecular formula is C5H8N2O2. The lowest BCUT2D eigenvalue weighted by Crippen LogP contribution is -1.92. The third-order valence-corrected chi connectivity index (χ3v) is 0.842. The van der Waals surface area contributed by atoms with Gasteiger partial charge in [-0.1, -0.05) is 5.16 Å². The van der Waals surface area contributed by atoms with Gasteiger partial charge in [-0.05, 0) is 6.92 Å². The molecule has 0 fully saturated rings. The highest BCUT2D eigenvalue weighted by atomic mass is 16.5. The van der Waals surface area contributed by atoms with Gasteiger partial charge in [0.2, 0.25) is 6.39 Å². The molecule has 0 aliphatic carbocycles. The molecule has 4 heteroatoms. The second-order valence-electron chi connectivity index (χ2n) is 1.48. The van der Waals surface area contributed by atoms with Gasteiger partial charge < -0.3 is 9.26 Å². The summed E-state index contributed by atoms with van der Waals surface area (Å²) < 4.78 is 9.46. The molecule has 1 aromatic heterocycles. The van der Waals surface area contributed by atoms with Crippen LogP contribution in [0.1, 0.15) is 12.7 Å².